The fourth-order valence-electron chi connectivity index (χ4n) is 2.00. The summed E-state index contributed by atoms with van der Waals surface area (Å²) in [4.78, 5) is 26.3. The van der Waals surface area contributed by atoms with Crippen LogP contribution < -0.4 is 5.32 Å². The molecule has 5 nitrogen and oxygen atoms in total. The zero-order valence-corrected chi connectivity index (χ0v) is 11.8. The van der Waals surface area contributed by atoms with Crippen molar-refractivity contribution in [3.63, 3.8) is 0 Å². The Kier molecular flexibility index (Phi) is 4.63. The van der Waals surface area contributed by atoms with Crippen LogP contribution in [-0.2, 0) is 16.1 Å². The Morgan fingerprint density at radius 1 is 1.35 bits per heavy atom. The number of carbonyl (C=O) groups is 2. The lowest BCUT2D eigenvalue weighted by Crippen LogP contribution is -2.24. The maximum absolute atomic E-state index is 12.0. The fourth-order valence-corrected chi connectivity index (χ4v) is 2.09. The molecule has 20 heavy (non-hydrogen) atoms. The monoisotopic (exact) mass is 294 g/mol. The second-order valence-electron chi connectivity index (χ2n) is 4.15. The average Bonchev–Trinajstić information content (AvgIpc) is 2.83. The van der Waals surface area contributed by atoms with Crippen LogP contribution >= 0.6 is 11.6 Å². The van der Waals surface area contributed by atoms with Crippen LogP contribution in [0.15, 0.2) is 24.3 Å². The first-order chi connectivity index (χ1) is 9.67. The van der Waals surface area contributed by atoms with E-state index in [0.717, 1.165) is 10.9 Å². The summed E-state index contributed by atoms with van der Waals surface area (Å²) in [5, 5.41) is 3.55. The van der Waals surface area contributed by atoms with Crippen LogP contribution in [0.2, 0.25) is 0 Å². The van der Waals surface area contributed by atoms with Gasteiger partial charge in [0.25, 0.3) is 0 Å². The number of H-pyrrole nitrogens is 1. The number of alkyl halides is 1. The number of rotatable bonds is 5. The van der Waals surface area contributed by atoms with Crippen LogP contribution in [0.25, 0.3) is 10.9 Å². The summed E-state index contributed by atoms with van der Waals surface area (Å²) in [6.07, 6.45) is 0. The second-order valence-corrected chi connectivity index (χ2v) is 4.42. The normalized spacial score (nSPS) is 10.5. The van der Waals surface area contributed by atoms with Gasteiger partial charge in [-0.1, -0.05) is 18.2 Å². The number of ether oxygens (including phenoxy) is 1. The summed E-state index contributed by atoms with van der Waals surface area (Å²) in [5.74, 6) is -0.831. The Bertz CT molecular complexity index is 636. The first-order valence-electron chi connectivity index (χ1n) is 6.26. The SMILES string of the molecule is CCOC(=O)c1[nH]c2ccccc2c1CNC(=O)CCl. The molecule has 0 unspecified atom stereocenters. The van der Waals surface area contributed by atoms with Crippen molar-refractivity contribution >= 4 is 34.4 Å². The number of hydrogen-bond donors (Lipinski definition) is 2. The number of hydrogen-bond acceptors (Lipinski definition) is 3. The van der Waals surface area contributed by atoms with E-state index in [1.807, 2.05) is 24.3 Å². The number of nitrogens with one attached hydrogen (secondary N) is 2. The Balaban J connectivity index is 2.39. The molecular weight excluding hydrogens is 280 g/mol. The summed E-state index contributed by atoms with van der Waals surface area (Å²) >= 11 is 5.45. The van der Waals surface area contributed by atoms with Gasteiger partial charge in [0.1, 0.15) is 11.6 Å². The van der Waals surface area contributed by atoms with Gasteiger partial charge in [0, 0.05) is 23.0 Å². The maximum Gasteiger partial charge on any atom is 0.355 e. The van der Waals surface area contributed by atoms with E-state index in [-0.39, 0.29) is 18.3 Å². The number of aromatic nitrogens is 1. The molecule has 1 amide bonds. The highest BCUT2D eigenvalue weighted by molar-refractivity contribution is 6.27. The number of para-hydroxylation sites is 1. The lowest BCUT2D eigenvalue weighted by Gasteiger charge is -2.05. The maximum atomic E-state index is 12.0. The smallest absolute Gasteiger partial charge is 0.355 e. The molecule has 6 heteroatoms. The number of carbonyl (C=O) groups excluding carboxylic acids is 2. The first kappa shape index (κ1) is 14.4. The summed E-state index contributed by atoms with van der Waals surface area (Å²) in [7, 11) is 0. The van der Waals surface area contributed by atoms with E-state index >= 15 is 0 Å². The molecule has 2 aromatic rings. The molecule has 1 heterocycles. The van der Waals surface area contributed by atoms with Gasteiger partial charge in [-0.3, -0.25) is 4.79 Å². The molecular formula is C14H15ClN2O3. The van der Waals surface area contributed by atoms with E-state index in [0.29, 0.717) is 17.9 Å². The van der Waals surface area contributed by atoms with Crippen LogP contribution in [0.4, 0.5) is 0 Å². The molecule has 0 aliphatic rings. The molecule has 0 radical (unpaired) electrons. The number of esters is 1. The zero-order valence-electron chi connectivity index (χ0n) is 11.0. The highest BCUT2D eigenvalue weighted by Crippen LogP contribution is 2.23. The van der Waals surface area contributed by atoms with Crippen molar-refractivity contribution in [1.82, 2.24) is 10.3 Å². The third-order valence-corrected chi connectivity index (χ3v) is 3.12. The molecule has 2 rings (SSSR count). The second kappa shape index (κ2) is 6.43. The van der Waals surface area contributed by atoms with Gasteiger partial charge < -0.3 is 15.0 Å². The minimum absolute atomic E-state index is 0.114. The minimum atomic E-state index is -0.432. The largest absolute Gasteiger partial charge is 0.461 e. The molecule has 0 atom stereocenters. The van der Waals surface area contributed by atoms with Gasteiger partial charge in [0.2, 0.25) is 5.91 Å². The number of halogens is 1. The molecule has 0 spiro atoms. The van der Waals surface area contributed by atoms with Gasteiger partial charge in [-0.15, -0.1) is 11.6 Å². The van der Waals surface area contributed by atoms with E-state index < -0.39 is 5.97 Å². The lowest BCUT2D eigenvalue weighted by molar-refractivity contribution is -0.118. The highest BCUT2D eigenvalue weighted by Gasteiger charge is 2.18. The quantitative estimate of drug-likeness (QED) is 0.656. The summed E-state index contributed by atoms with van der Waals surface area (Å²) in [6.45, 7) is 2.26. The van der Waals surface area contributed by atoms with Gasteiger partial charge >= 0.3 is 5.97 Å². The molecule has 0 aliphatic heterocycles. The van der Waals surface area contributed by atoms with Crippen LogP contribution in [-0.4, -0.2) is 29.3 Å². The van der Waals surface area contributed by atoms with Crippen molar-refractivity contribution in [3.05, 3.63) is 35.5 Å². The topological polar surface area (TPSA) is 71.2 Å². The summed E-state index contributed by atoms with van der Waals surface area (Å²) in [5.41, 5.74) is 1.89. The van der Waals surface area contributed by atoms with Crippen LogP contribution in [0.1, 0.15) is 23.0 Å². The van der Waals surface area contributed by atoms with Crippen molar-refractivity contribution < 1.29 is 14.3 Å². The zero-order chi connectivity index (χ0) is 14.5. The molecule has 2 N–H and O–H groups in total. The van der Waals surface area contributed by atoms with Crippen molar-refractivity contribution in [2.75, 3.05) is 12.5 Å². The number of amides is 1. The van der Waals surface area contributed by atoms with Crippen molar-refractivity contribution in [3.8, 4) is 0 Å². The van der Waals surface area contributed by atoms with Crippen LogP contribution in [0.3, 0.4) is 0 Å². The van der Waals surface area contributed by atoms with Gasteiger partial charge in [-0.05, 0) is 13.0 Å². The Labute approximate surface area is 121 Å². The van der Waals surface area contributed by atoms with Gasteiger partial charge in [0.15, 0.2) is 0 Å². The van der Waals surface area contributed by atoms with E-state index in [1.165, 1.54) is 0 Å². The minimum Gasteiger partial charge on any atom is -0.461 e. The molecule has 1 aromatic carbocycles. The van der Waals surface area contributed by atoms with Gasteiger partial charge in [-0.25, -0.2) is 4.79 Å². The summed E-state index contributed by atoms with van der Waals surface area (Å²) in [6, 6.07) is 7.49. The molecule has 0 aliphatic carbocycles. The summed E-state index contributed by atoms with van der Waals surface area (Å²) < 4.78 is 5.02. The van der Waals surface area contributed by atoms with Crippen molar-refractivity contribution in [2.24, 2.45) is 0 Å². The fraction of sp³-hybridized carbons (Fsp3) is 0.286. The molecule has 0 saturated carbocycles. The van der Waals surface area contributed by atoms with E-state index in [1.54, 1.807) is 6.92 Å². The van der Waals surface area contributed by atoms with Crippen molar-refractivity contribution in [2.45, 2.75) is 13.5 Å². The van der Waals surface area contributed by atoms with E-state index in [9.17, 15) is 9.59 Å². The first-order valence-corrected chi connectivity index (χ1v) is 6.80. The standard InChI is InChI=1S/C14H15ClN2O3/c1-2-20-14(19)13-10(8-16-12(18)7-15)9-5-3-4-6-11(9)17-13/h3-6,17H,2,7-8H2,1H3,(H,16,18). The number of benzene rings is 1. The highest BCUT2D eigenvalue weighted by atomic mass is 35.5. The Morgan fingerprint density at radius 2 is 2.10 bits per heavy atom. The Hall–Kier alpha value is -2.01. The molecule has 0 saturated heterocycles. The average molecular weight is 295 g/mol. The van der Waals surface area contributed by atoms with Gasteiger partial charge in [-0.2, -0.15) is 0 Å². The van der Waals surface area contributed by atoms with E-state index in [4.69, 9.17) is 16.3 Å². The molecule has 1 aromatic heterocycles. The number of aromatic amines is 1. The lowest BCUT2D eigenvalue weighted by atomic mass is 10.1. The molecule has 0 fully saturated rings. The Morgan fingerprint density at radius 3 is 2.80 bits per heavy atom. The predicted octanol–water partition coefficient (Wildman–Crippen LogP) is 2.20. The third-order valence-electron chi connectivity index (χ3n) is 2.88. The predicted molar refractivity (Wildman–Crippen MR) is 76.8 cm³/mol. The van der Waals surface area contributed by atoms with Crippen molar-refractivity contribution in [1.29, 1.82) is 0 Å². The molecule has 106 valence electrons. The molecule has 0 bridgehead atoms. The van der Waals surface area contributed by atoms with Gasteiger partial charge in [0.05, 0.1) is 6.61 Å². The number of fused-ring (bicyclic) bond motifs is 1. The van der Waals surface area contributed by atoms with E-state index in [2.05, 4.69) is 10.3 Å². The van der Waals surface area contributed by atoms with Crippen LogP contribution in [0.5, 0.6) is 0 Å². The van der Waals surface area contributed by atoms with Crippen LogP contribution in [0, 0.1) is 0 Å². The third kappa shape index (κ3) is 2.93.